The highest BCUT2D eigenvalue weighted by Crippen LogP contribution is 2.33. The van der Waals surface area contributed by atoms with Crippen molar-refractivity contribution in [2.45, 2.75) is 63.5 Å². The van der Waals surface area contributed by atoms with Crippen LogP contribution < -0.4 is 15.4 Å². The predicted octanol–water partition coefficient (Wildman–Crippen LogP) is 4.34. The first-order valence-corrected chi connectivity index (χ1v) is 12.8. The number of carbonyl (C=O) groups is 1. The van der Waals surface area contributed by atoms with Crippen LogP contribution in [0.5, 0.6) is 6.01 Å². The summed E-state index contributed by atoms with van der Waals surface area (Å²) in [5.74, 6) is 1.08. The van der Waals surface area contributed by atoms with E-state index in [1.165, 1.54) is 12.8 Å². The van der Waals surface area contributed by atoms with Crippen LogP contribution in [0.4, 0.5) is 5.82 Å². The number of amides is 1. The van der Waals surface area contributed by atoms with Crippen LogP contribution in [0.2, 0.25) is 0 Å². The molecule has 2 aliphatic carbocycles. The molecule has 6 rings (SSSR count). The maximum atomic E-state index is 12.4. The molecule has 0 spiro atoms. The number of rotatable bonds is 8. The summed E-state index contributed by atoms with van der Waals surface area (Å²) in [5.41, 5.74) is 3.20. The minimum atomic E-state index is -0.0433. The Balaban J connectivity index is 1.29. The molecule has 1 aromatic carbocycles. The van der Waals surface area contributed by atoms with Gasteiger partial charge in [-0.15, -0.1) is 0 Å². The Kier molecular flexibility index (Phi) is 6.24. The number of hydrogen-bond donors (Lipinski definition) is 2. The highest BCUT2D eigenvalue weighted by atomic mass is 16.5. The fraction of sp³-hybridized carbons (Fsp3) is 0.538. The molecule has 35 heavy (non-hydrogen) atoms. The SMILES string of the molecule is O=C(NC1CC1)c1ccc(-c2noc3c(NCC4CCOCC4)nc(OC4CCCC4)nc23)cc1. The van der Waals surface area contributed by atoms with E-state index in [2.05, 4.69) is 20.8 Å². The molecule has 3 aromatic rings. The Morgan fingerprint density at radius 1 is 1.00 bits per heavy atom. The molecule has 2 N–H and O–H groups in total. The summed E-state index contributed by atoms with van der Waals surface area (Å²) in [7, 11) is 0. The van der Waals surface area contributed by atoms with Crippen LogP contribution in [0.1, 0.15) is 61.7 Å². The average Bonchev–Trinajstić information content (AvgIpc) is 3.36. The molecule has 3 heterocycles. The molecular formula is C26H31N5O4. The Morgan fingerprint density at radius 2 is 1.77 bits per heavy atom. The molecule has 0 radical (unpaired) electrons. The van der Waals surface area contributed by atoms with Crippen LogP contribution in [0.15, 0.2) is 28.8 Å². The van der Waals surface area contributed by atoms with Crippen molar-refractivity contribution in [2.24, 2.45) is 5.92 Å². The molecule has 3 aliphatic rings. The number of ether oxygens (including phenoxy) is 2. The second-order valence-corrected chi connectivity index (χ2v) is 9.85. The van der Waals surface area contributed by atoms with E-state index in [-0.39, 0.29) is 12.0 Å². The van der Waals surface area contributed by atoms with Crippen LogP contribution in [-0.4, -0.2) is 52.9 Å². The summed E-state index contributed by atoms with van der Waals surface area (Å²) in [5, 5.41) is 10.8. The minimum Gasteiger partial charge on any atom is -0.460 e. The third-order valence-corrected chi connectivity index (χ3v) is 7.10. The Bertz CT molecular complexity index is 1180. The molecule has 184 valence electrons. The lowest BCUT2D eigenvalue weighted by atomic mass is 10.0. The summed E-state index contributed by atoms with van der Waals surface area (Å²) in [6.45, 7) is 2.37. The Hall–Kier alpha value is -3.20. The zero-order valence-corrected chi connectivity index (χ0v) is 19.8. The molecule has 1 amide bonds. The van der Waals surface area contributed by atoms with E-state index in [9.17, 15) is 4.79 Å². The van der Waals surface area contributed by atoms with Crippen molar-refractivity contribution in [3.05, 3.63) is 29.8 Å². The van der Waals surface area contributed by atoms with Gasteiger partial charge in [0.1, 0.15) is 17.3 Å². The maximum absolute atomic E-state index is 12.4. The molecule has 0 bridgehead atoms. The quantitative estimate of drug-likeness (QED) is 0.493. The number of fused-ring (bicyclic) bond motifs is 1. The van der Waals surface area contributed by atoms with E-state index in [1.807, 2.05) is 24.3 Å². The molecule has 0 atom stereocenters. The maximum Gasteiger partial charge on any atom is 0.319 e. The van der Waals surface area contributed by atoms with Gasteiger partial charge in [-0.3, -0.25) is 4.79 Å². The molecule has 9 nitrogen and oxygen atoms in total. The first-order valence-electron chi connectivity index (χ1n) is 12.8. The van der Waals surface area contributed by atoms with E-state index in [1.54, 1.807) is 0 Å². The van der Waals surface area contributed by atoms with E-state index in [4.69, 9.17) is 19.0 Å². The van der Waals surface area contributed by atoms with Gasteiger partial charge < -0.3 is 24.6 Å². The van der Waals surface area contributed by atoms with Crippen LogP contribution >= 0.6 is 0 Å². The van der Waals surface area contributed by atoms with Gasteiger partial charge in [-0.25, -0.2) is 0 Å². The summed E-state index contributed by atoms with van der Waals surface area (Å²) < 4.78 is 17.4. The molecule has 1 aliphatic heterocycles. The first-order chi connectivity index (χ1) is 17.2. The van der Waals surface area contributed by atoms with E-state index in [0.717, 1.165) is 63.8 Å². The Labute approximate surface area is 204 Å². The van der Waals surface area contributed by atoms with Crippen molar-refractivity contribution in [1.82, 2.24) is 20.4 Å². The molecule has 1 saturated heterocycles. The van der Waals surface area contributed by atoms with E-state index < -0.39 is 0 Å². The van der Waals surface area contributed by atoms with Crippen LogP contribution in [0.25, 0.3) is 22.4 Å². The third-order valence-electron chi connectivity index (χ3n) is 7.10. The summed E-state index contributed by atoms with van der Waals surface area (Å²) in [6, 6.07) is 8.07. The van der Waals surface area contributed by atoms with Crippen molar-refractivity contribution in [3.63, 3.8) is 0 Å². The zero-order chi connectivity index (χ0) is 23.6. The van der Waals surface area contributed by atoms with Gasteiger partial charge >= 0.3 is 6.01 Å². The number of benzene rings is 1. The topological polar surface area (TPSA) is 111 Å². The van der Waals surface area contributed by atoms with Gasteiger partial charge in [-0.1, -0.05) is 17.3 Å². The standard InChI is InChI=1S/C26H31N5O4/c32-25(28-19-9-10-19)18-7-5-17(6-8-18)21-22-23(35-31-21)24(27-15-16-11-13-33-14-12-16)30-26(29-22)34-20-3-1-2-4-20/h5-8,16,19-20H,1-4,9-15H2,(H,28,32)(H,27,29,30). The number of aromatic nitrogens is 3. The fourth-order valence-corrected chi connectivity index (χ4v) is 4.80. The molecule has 0 unspecified atom stereocenters. The van der Waals surface area contributed by atoms with Crippen molar-refractivity contribution in [1.29, 1.82) is 0 Å². The van der Waals surface area contributed by atoms with Crippen LogP contribution in [0.3, 0.4) is 0 Å². The van der Waals surface area contributed by atoms with Gasteiger partial charge in [0.05, 0.1) is 0 Å². The predicted molar refractivity (Wildman–Crippen MR) is 130 cm³/mol. The summed E-state index contributed by atoms with van der Waals surface area (Å²) in [4.78, 5) is 21.7. The molecule has 3 fully saturated rings. The first kappa shape index (κ1) is 22.3. The van der Waals surface area contributed by atoms with Gasteiger partial charge in [0.15, 0.2) is 5.82 Å². The monoisotopic (exact) mass is 477 g/mol. The van der Waals surface area contributed by atoms with E-state index in [0.29, 0.717) is 46.1 Å². The van der Waals surface area contributed by atoms with Gasteiger partial charge in [-0.05, 0) is 69.4 Å². The summed E-state index contributed by atoms with van der Waals surface area (Å²) >= 11 is 0. The zero-order valence-electron chi connectivity index (χ0n) is 19.8. The Morgan fingerprint density at radius 3 is 2.51 bits per heavy atom. The number of hydrogen-bond acceptors (Lipinski definition) is 8. The average molecular weight is 478 g/mol. The van der Waals surface area contributed by atoms with Gasteiger partial charge in [0.2, 0.25) is 5.58 Å². The smallest absolute Gasteiger partial charge is 0.319 e. The minimum absolute atomic E-state index is 0.0433. The van der Waals surface area contributed by atoms with Crippen molar-refractivity contribution in [3.8, 4) is 17.3 Å². The molecule has 2 aromatic heterocycles. The van der Waals surface area contributed by atoms with Crippen LogP contribution in [0, 0.1) is 5.92 Å². The second kappa shape index (κ2) is 9.81. The normalized spacial score (nSPS) is 19.2. The molecule has 2 saturated carbocycles. The van der Waals surface area contributed by atoms with Crippen molar-refractivity contribution < 1.29 is 18.8 Å². The molecular weight excluding hydrogens is 446 g/mol. The number of nitrogens with zero attached hydrogens (tertiary/aromatic N) is 3. The largest absolute Gasteiger partial charge is 0.460 e. The molecule has 9 heteroatoms. The van der Waals surface area contributed by atoms with Crippen molar-refractivity contribution >= 4 is 22.8 Å². The third kappa shape index (κ3) is 5.10. The van der Waals surface area contributed by atoms with Gasteiger partial charge in [0, 0.05) is 36.9 Å². The number of anilines is 1. The van der Waals surface area contributed by atoms with Gasteiger partial charge in [0.25, 0.3) is 5.91 Å². The lowest BCUT2D eigenvalue weighted by molar-refractivity contribution is 0.0699. The highest BCUT2D eigenvalue weighted by Gasteiger charge is 2.25. The lowest BCUT2D eigenvalue weighted by Crippen LogP contribution is -2.25. The highest BCUT2D eigenvalue weighted by molar-refractivity contribution is 5.97. The fourth-order valence-electron chi connectivity index (χ4n) is 4.80. The van der Waals surface area contributed by atoms with Crippen molar-refractivity contribution in [2.75, 3.05) is 25.1 Å². The second-order valence-electron chi connectivity index (χ2n) is 9.85. The van der Waals surface area contributed by atoms with Gasteiger partial charge in [-0.2, -0.15) is 9.97 Å². The number of nitrogens with one attached hydrogen (secondary N) is 2. The number of carbonyl (C=O) groups excluding carboxylic acids is 1. The lowest BCUT2D eigenvalue weighted by Gasteiger charge is -2.22. The van der Waals surface area contributed by atoms with Crippen LogP contribution in [-0.2, 0) is 4.74 Å². The summed E-state index contributed by atoms with van der Waals surface area (Å²) in [6.07, 6.45) is 8.68. The van der Waals surface area contributed by atoms with E-state index >= 15 is 0 Å².